The lowest BCUT2D eigenvalue weighted by Gasteiger charge is -2.05. The van der Waals surface area contributed by atoms with Crippen LogP contribution >= 0.6 is 0 Å². The van der Waals surface area contributed by atoms with E-state index in [2.05, 4.69) is 6.92 Å². The maximum atomic E-state index is 11.6. The van der Waals surface area contributed by atoms with Crippen LogP contribution in [0.4, 0.5) is 0 Å². The first-order chi connectivity index (χ1) is 12.2. The highest BCUT2D eigenvalue weighted by atomic mass is 16.5. The Labute approximate surface area is 154 Å². The third kappa shape index (κ3) is 20.9. The first-order valence-corrected chi connectivity index (χ1v) is 10.5. The summed E-state index contributed by atoms with van der Waals surface area (Å²) < 4.78 is 5.26. The second-order valence-corrected chi connectivity index (χ2v) is 7.06. The molecule has 0 fully saturated rings. The van der Waals surface area contributed by atoms with Gasteiger partial charge in [-0.05, 0) is 19.3 Å². The Bertz CT molecular complexity index is 315. The Morgan fingerprint density at radius 2 is 1.08 bits per heavy atom. The van der Waals surface area contributed by atoms with Crippen LogP contribution in [0.3, 0.4) is 0 Å². The topological polar surface area (TPSA) is 63.6 Å². The summed E-state index contributed by atoms with van der Waals surface area (Å²) in [6, 6.07) is 0. The van der Waals surface area contributed by atoms with Crippen molar-refractivity contribution in [2.24, 2.45) is 0 Å². The van der Waals surface area contributed by atoms with Crippen LogP contribution in [0, 0.1) is 0 Å². The fourth-order valence-corrected chi connectivity index (χ4v) is 2.92. The van der Waals surface area contributed by atoms with Gasteiger partial charge in [-0.1, -0.05) is 84.0 Å². The monoisotopic (exact) mass is 356 g/mol. The van der Waals surface area contributed by atoms with Crippen molar-refractivity contribution in [2.45, 2.75) is 116 Å². The zero-order valence-corrected chi connectivity index (χ0v) is 16.4. The Hall–Kier alpha value is -1.06. The number of unbranched alkanes of at least 4 members (excludes halogenated alkanes) is 13. The Morgan fingerprint density at radius 3 is 1.60 bits per heavy atom. The Kier molecular flexibility index (Phi) is 18.5. The standard InChI is InChI=1S/C21H40O4/c1-2-3-4-5-6-7-8-9-13-16-19-25-21(24)18-15-12-10-11-14-17-20(22)23/h2-19H2,1H3,(H,22,23). The number of ether oxygens (including phenoxy) is 1. The quantitative estimate of drug-likeness (QED) is 0.219. The molecule has 0 spiro atoms. The van der Waals surface area contributed by atoms with E-state index in [1.807, 2.05) is 0 Å². The van der Waals surface area contributed by atoms with Crippen LogP contribution < -0.4 is 0 Å². The van der Waals surface area contributed by atoms with Crippen LogP contribution in [0.15, 0.2) is 0 Å². The predicted octanol–water partition coefficient (Wildman–Crippen LogP) is 6.27. The van der Waals surface area contributed by atoms with Crippen molar-refractivity contribution in [3.05, 3.63) is 0 Å². The van der Waals surface area contributed by atoms with Gasteiger partial charge < -0.3 is 9.84 Å². The molecule has 0 aromatic carbocycles. The molecule has 4 nitrogen and oxygen atoms in total. The van der Waals surface area contributed by atoms with Crippen LogP contribution in [0.2, 0.25) is 0 Å². The van der Waals surface area contributed by atoms with Crippen molar-refractivity contribution in [1.29, 1.82) is 0 Å². The van der Waals surface area contributed by atoms with Crippen molar-refractivity contribution < 1.29 is 19.4 Å². The smallest absolute Gasteiger partial charge is 0.305 e. The summed E-state index contributed by atoms with van der Waals surface area (Å²) in [6.45, 7) is 2.81. The molecule has 0 unspecified atom stereocenters. The molecule has 0 atom stereocenters. The van der Waals surface area contributed by atoms with Gasteiger partial charge in [-0.25, -0.2) is 0 Å². The fraction of sp³-hybridized carbons (Fsp3) is 0.905. The van der Waals surface area contributed by atoms with Gasteiger partial charge in [0.15, 0.2) is 0 Å². The number of carbonyl (C=O) groups excluding carboxylic acids is 1. The highest BCUT2D eigenvalue weighted by Crippen LogP contribution is 2.11. The SMILES string of the molecule is CCCCCCCCCCCCOC(=O)CCCCCCCC(=O)O. The Morgan fingerprint density at radius 1 is 0.640 bits per heavy atom. The van der Waals surface area contributed by atoms with Gasteiger partial charge >= 0.3 is 11.9 Å². The molecule has 0 saturated heterocycles. The number of hydrogen-bond acceptors (Lipinski definition) is 3. The minimum atomic E-state index is -0.726. The largest absolute Gasteiger partial charge is 0.481 e. The molecule has 0 bridgehead atoms. The predicted molar refractivity (Wildman–Crippen MR) is 103 cm³/mol. The molecule has 0 radical (unpaired) electrons. The highest BCUT2D eigenvalue weighted by Gasteiger charge is 2.03. The minimum Gasteiger partial charge on any atom is -0.481 e. The molecule has 0 aliphatic rings. The van der Waals surface area contributed by atoms with Crippen LogP contribution in [0.5, 0.6) is 0 Å². The Balaban J connectivity index is 3.16. The molecule has 0 aromatic heterocycles. The molecular weight excluding hydrogens is 316 g/mol. The average molecular weight is 357 g/mol. The van der Waals surface area contributed by atoms with Crippen LogP contribution in [0.25, 0.3) is 0 Å². The zero-order chi connectivity index (χ0) is 18.6. The number of carboxylic acids is 1. The first-order valence-electron chi connectivity index (χ1n) is 10.5. The molecule has 25 heavy (non-hydrogen) atoms. The number of hydrogen-bond donors (Lipinski definition) is 1. The van der Waals surface area contributed by atoms with Gasteiger partial charge in [0.25, 0.3) is 0 Å². The summed E-state index contributed by atoms with van der Waals surface area (Å²) in [5.74, 6) is -0.808. The molecule has 0 saturated carbocycles. The van der Waals surface area contributed by atoms with Gasteiger partial charge in [0.05, 0.1) is 6.61 Å². The molecule has 0 heterocycles. The van der Waals surface area contributed by atoms with E-state index in [4.69, 9.17) is 9.84 Å². The average Bonchev–Trinajstić information content (AvgIpc) is 2.58. The molecule has 0 aliphatic heterocycles. The molecule has 4 heteroatoms. The normalized spacial score (nSPS) is 10.8. The van der Waals surface area contributed by atoms with E-state index in [1.54, 1.807) is 0 Å². The third-order valence-corrected chi connectivity index (χ3v) is 4.53. The number of esters is 1. The van der Waals surface area contributed by atoms with Gasteiger partial charge in [0.2, 0.25) is 0 Å². The highest BCUT2D eigenvalue weighted by molar-refractivity contribution is 5.69. The van der Waals surface area contributed by atoms with E-state index in [1.165, 1.54) is 51.4 Å². The third-order valence-electron chi connectivity index (χ3n) is 4.53. The lowest BCUT2D eigenvalue weighted by molar-refractivity contribution is -0.144. The van der Waals surface area contributed by atoms with Crippen LogP contribution in [-0.4, -0.2) is 23.7 Å². The van der Waals surface area contributed by atoms with E-state index < -0.39 is 5.97 Å². The van der Waals surface area contributed by atoms with Crippen molar-refractivity contribution in [3.63, 3.8) is 0 Å². The first kappa shape index (κ1) is 23.9. The fourth-order valence-electron chi connectivity index (χ4n) is 2.92. The lowest BCUT2D eigenvalue weighted by atomic mass is 10.1. The van der Waals surface area contributed by atoms with E-state index >= 15 is 0 Å². The number of carboxylic acid groups (broad SMARTS) is 1. The molecule has 0 aromatic rings. The summed E-state index contributed by atoms with van der Waals surface area (Å²) in [7, 11) is 0. The van der Waals surface area contributed by atoms with E-state index in [-0.39, 0.29) is 12.4 Å². The van der Waals surface area contributed by atoms with E-state index in [0.717, 1.165) is 44.9 Å². The summed E-state index contributed by atoms with van der Waals surface area (Å²) in [6.07, 6.45) is 18.1. The molecule has 1 N–H and O–H groups in total. The van der Waals surface area contributed by atoms with Gasteiger partial charge in [-0.3, -0.25) is 9.59 Å². The molecule has 0 amide bonds. The summed E-state index contributed by atoms with van der Waals surface area (Å²) >= 11 is 0. The summed E-state index contributed by atoms with van der Waals surface area (Å²) in [4.78, 5) is 21.9. The number of carbonyl (C=O) groups is 2. The molecule has 148 valence electrons. The van der Waals surface area contributed by atoms with Crippen molar-refractivity contribution in [1.82, 2.24) is 0 Å². The van der Waals surface area contributed by atoms with Gasteiger partial charge in [-0.2, -0.15) is 0 Å². The lowest BCUT2D eigenvalue weighted by Crippen LogP contribution is -2.05. The molecular formula is C21H40O4. The van der Waals surface area contributed by atoms with Crippen molar-refractivity contribution in [3.8, 4) is 0 Å². The maximum absolute atomic E-state index is 11.6. The van der Waals surface area contributed by atoms with Crippen LogP contribution in [-0.2, 0) is 14.3 Å². The number of aliphatic carboxylic acids is 1. The molecule has 0 aliphatic carbocycles. The maximum Gasteiger partial charge on any atom is 0.305 e. The zero-order valence-electron chi connectivity index (χ0n) is 16.4. The second kappa shape index (κ2) is 19.3. The van der Waals surface area contributed by atoms with E-state index in [9.17, 15) is 9.59 Å². The van der Waals surface area contributed by atoms with E-state index in [0.29, 0.717) is 13.0 Å². The van der Waals surface area contributed by atoms with Crippen molar-refractivity contribution >= 4 is 11.9 Å². The minimum absolute atomic E-state index is 0.0820. The van der Waals surface area contributed by atoms with Gasteiger partial charge in [0.1, 0.15) is 0 Å². The second-order valence-electron chi connectivity index (χ2n) is 7.06. The van der Waals surface area contributed by atoms with Crippen molar-refractivity contribution in [2.75, 3.05) is 6.61 Å². The van der Waals surface area contributed by atoms with Crippen LogP contribution in [0.1, 0.15) is 116 Å². The summed E-state index contributed by atoms with van der Waals surface area (Å²) in [5.41, 5.74) is 0. The van der Waals surface area contributed by atoms with Gasteiger partial charge in [0, 0.05) is 12.8 Å². The summed E-state index contributed by atoms with van der Waals surface area (Å²) in [5, 5.41) is 8.53. The van der Waals surface area contributed by atoms with Gasteiger partial charge in [-0.15, -0.1) is 0 Å². The molecule has 0 rings (SSSR count). The number of rotatable bonds is 19.